The van der Waals surface area contributed by atoms with E-state index in [2.05, 4.69) is 4.98 Å². The first-order valence-electron chi connectivity index (χ1n) is 6.47. The normalized spacial score (nSPS) is 11.0. The van der Waals surface area contributed by atoms with Gasteiger partial charge in [-0.05, 0) is 24.3 Å². The van der Waals surface area contributed by atoms with E-state index >= 15 is 0 Å². The van der Waals surface area contributed by atoms with Gasteiger partial charge in [0, 0.05) is 11.0 Å². The van der Waals surface area contributed by atoms with Gasteiger partial charge in [0.1, 0.15) is 5.69 Å². The Hall–Kier alpha value is -2.61. The summed E-state index contributed by atoms with van der Waals surface area (Å²) in [5.74, 6) is -0.0958. The van der Waals surface area contributed by atoms with Crippen molar-refractivity contribution in [3.63, 3.8) is 0 Å². The lowest BCUT2D eigenvalue weighted by Gasteiger charge is -2.15. The van der Waals surface area contributed by atoms with Crippen LogP contribution in [0.15, 0.2) is 28.7 Å². The summed E-state index contributed by atoms with van der Waals surface area (Å²) in [4.78, 5) is 16.3. The molecule has 0 N–H and O–H groups in total. The average Bonchev–Trinajstić information content (AvgIpc) is 2.92. The van der Waals surface area contributed by atoms with Crippen LogP contribution >= 0.6 is 0 Å². The lowest BCUT2D eigenvalue weighted by atomic mass is 9.91. The summed E-state index contributed by atoms with van der Waals surface area (Å²) in [5.41, 5.74) is 1.45. The molecule has 0 spiro atoms. The van der Waals surface area contributed by atoms with Crippen molar-refractivity contribution in [1.82, 2.24) is 4.98 Å². The van der Waals surface area contributed by atoms with E-state index in [-0.39, 0.29) is 11.2 Å². The van der Waals surface area contributed by atoms with Crippen LogP contribution in [0.4, 0.5) is 0 Å². The minimum absolute atomic E-state index is 0.115. The number of esters is 1. The number of rotatable bonds is 2. The number of aromatic nitrogens is 1. The summed E-state index contributed by atoms with van der Waals surface area (Å²) in [6.07, 6.45) is 0. The third kappa shape index (κ3) is 2.95. The van der Waals surface area contributed by atoms with Gasteiger partial charge in [0.05, 0.1) is 18.7 Å². The number of ether oxygens (including phenoxy) is 1. The topological polar surface area (TPSA) is 76.1 Å². The highest BCUT2D eigenvalue weighted by Gasteiger charge is 2.29. The zero-order valence-electron chi connectivity index (χ0n) is 12.4. The van der Waals surface area contributed by atoms with Crippen LogP contribution in [-0.2, 0) is 10.2 Å². The highest BCUT2D eigenvalue weighted by molar-refractivity contribution is 5.88. The Morgan fingerprint density at radius 3 is 2.38 bits per heavy atom. The first-order chi connectivity index (χ1) is 9.86. The van der Waals surface area contributed by atoms with Crippen molar-refractivity contribution in [1.29, 1.82) is 5.26 Å². The molecule has 0 amide bonds. The lowest BCUT2D eigenvalue weighted by Crippen LogP contribution is -2.17. The molecular formula is C16H16N2O3. The number of oxazole rings is 1. The molecule has 0 radical (unpaired) electrons. The summed E-state index contributed by atoms with van der Waals surface area (Å²) in [7, 11) is 1.30. The predicted octanol–water partition coefficient (Wildman–Crippen LogP) is 3.30. The van der Waals surface area contributed by atoms with E-state index in [9.17, 15) is 4.79 Å². The van der Waals surface area contributed by atoms with Crippen molar-refractivity contribution in [2.75, 3.05) is 7.11 Å². The van der Waals surface area contributed by atoms with Gasteiger partial charge < -0.3 is 9.15 Å². The molecule has 0 saturated carbocycles. The van der Waals surface area contributed by atoms with Crippen molar-refractivity contribution in [3.8, 4) is 17.5 Å². The molecule has 1 aromatic carbocycles. The maximum atomic E-state index is 11.8. The van der Waals surface area contributed by atoms with Gasteiger partial charge in [-0.1, -0.05) is 20.8 Å². The highest BCUT2D eigenvalue weighted by atomic mass is 16.5. The molecule has 0 atom stereocenters. The van der Waals surface area contributed by atoms with Crippen molar-refractivity contribution in [2.45, 2.75) is 26.2 Å². The van der Waals surface area contributed by atoms with Crippen LogP contribution in [0.2, 0.25) is 0 Å². The summed E-state index contributed by atoms with van der Waals surface area (Å²) >= 11 is 0. The molecule has 21 heavy (non-hydrogen) atoms. The standard InChI is InChI=1S/C16H16N2O3/c1-16(2,3)13-12(15(19)20-4)21-14(18-13)11-7-5-10(9-17)6-8-11/h5-8H,1-4H3. The summed E-state index contributed by atoms with van der Waals surface area (Å²) in [6.45, 7) is 5.83. The molecule has 0 saturated heterocycles. The van der Waals surface area contributed by atoms with Gasteiger partial charge in [0.2, 0.25) is 11.7 Å². The Labute approximate surface area is 123 Å². The van der Waals surface area contributed by atoms with Crippen molar-refractivity contribution < 1.29 is 13.9 Å². The third-order valence-electron chi connectivity index (χ3n) is 2.97. The maximum absolute atomic E-state index is 11.8. The minimum Gasteiger partial charge on any atom is -0.463 e. The van der Waals surface area contributed by atoms with E-state index in [0.29, 0.717) is 22.7 Å². The van der Waals surface area contributed by atoms with Crippen LogP contribution in [0.3, 0.4) is 0 Å². The maximum Gasteiger partial charge on any atom is 0.376 e. The largest absolute Gasteiger partial charge is 0.463 e. The molecule has 5 nitrogen and oxygen atoms in total. The van der Waals surface area contributed by atoms with E-state index in [1.807, 2.05) is 26.8 Å². The van der Waals surface area contributed by atoms with E-state index in [1.165, 1.54) is 7.11 Å². The van der Waals surface area contributed by atoms with E-state index in [0.717, 1.165) is 0 Å². The monoisotopic (exact) mass is 284 g/mol. The van der Waals surface area contributed by atoms with Gasteiger partial charge in [-0.2, -0.15) is 5.26 Å². The first-order valence-corrected chi connectivity index (χ1v) is 6.47. The van der Waals surface area contributed by atoms with Gasteiger partial charge in [0.25, 0.3) is 0 Å². The molecule has 0 aliphatic carbocycles. The van der Waals surface area contributed by atoms with E-state index in [4.69, 9.17) is 14.4 Å². The molecule has 1 aromatic heterocycles. The third-order valence-corrected chi connectivity index (χ3v) is 2.97. The summed E-state index contributed by atoms with van der Waals surface area (Å²) in [6, 6.07) is 8.87. The molecule has 108 valence electrons. The number of hydrogen-bond acceptors (Lipinski definition) is 5. The van der Waals surface area contributed by atoms with Crippen molar-refractivity contribution >= 4 is 5.97 Å². The molecule has 0 bridgehead atoms. The smallest absolute Gasteiger partial charge is 0.376 e. The second kappa shape index (κ2) is 5.41. The molecule has 2 rings (SSSR count). The second-order valence-electron chi connectivity index (χ2n) is 5.63. The van der Waals surface area contributed by atoms with Crippen molar-refractivity contribution in [3.05, 3.63) is 41.3 Å². The van der Waals surface area contributed by atoms with Gasteiger partial charge in [-0.3, -0.25) is 0 Å². The number of hydrogen-bond donors (Lipinski definition) is 0. The quantitative estimate of drug-likeness (QED) is 0.791. The fraction of sp³-hybridized carbons (Fsp3) is 0.312. The fourth-order valence-corrected chi connectivity index (χ4v) is 1.87. The van der Waals surface area contributed by atoms with Gasteiger partial charge in [-0.15, -0.1) is 0 Å². The summed E-state index contributed by atoms with van der Waals surface area (Å²) in [5, 5.41) is 8.81. The molecule has 0 aliphatic heterocycles. The van der Waals surface area contributed by atoms with Crippen LogP contribution in [0.5, 0.6) is 0 Å². The van der Waals surface area contributed by atoms with Crippen LogP contribution in [0.1, 0.15) is 42.6 Å². The van der Waals surface area contributed by atoms with Crippen LogP contribution in [0.25, 0.3) is 11.5 Å². The zero-order valence-corrected chi connectivity index (χ0v) is 12.4. The zero-order chi connectivity index (χ0) is 15.6. The van der Waals surface area contributed by atoms with Gasteiger partial charge in [0.15, 0.2) is 0 Å². The SMILES string of the molecule is COC(=O)c1oc(-c2ccc(C#N)cc2)nc1C(C)(C)C. The number of carbonyl (C=O) groups is 1. The summed E-state index contributed by atoms with van der Waals surface area (Å²) < 4.78 is 10.3. The molecule has 0 aliphatic rings. The fourth-order valence-electron chi connectivity index (χ4n) is 1.87. The minimum atomic E-state index is -0.549. The Kier molecular flexibility index (Phi) is 3.81. The number of nitriles is 1. The molecule has 0 unspecified atom stereocenters. The Balaban J connectivity index is 2.53. The van der Waals surface area contributed by atoms with E-state index in [1.54, 1.807) is 24.3 Å². The Morgan fingerprint density at radius 2 is 1.90 bits per heavy atom. The molecule has 5 heteroatoms. The molecule has 1 heterocycles. The molecule has 2 aromatic rings. The number of methoxy groups -OCH3 is 1. The van der Waals surface area contributed by atoms with Crippen LogP contribution < -0.4 is 0 Å². The predicted molar refractivity (Wildman–Crippen MR) is 76.7 cm³/mol. The van der Waals surface area contributed by atoms with E-state index < -0.39 is 5.97 Å². The van der Waals surface area contributed by atoms with Gasteiger partial charge in [-0.25, -0.2) is 9.78 Å². The molecular weight excluding hydrogens is 268 g/mol. The number of carbonyl (C=O) groups excluding carboxylic acids is 1. The number of benzene rings is 1. The highest BCUT2D eigenvalue weighted by Crippen LogP contribution is 2.30. The second-order valence-corrected chi connectivity index (χ2v) is 5.63. The lowest BCUT2D eigenvalue weighted by molar-refractivity contribution is 0.0562. The van der Waals surface area contributed by atoms with Crippen LogP contribution in [0, 0.1) is 11.3 Å². The first kappa shape index (κ1) is 14.8. The molecule has 0 fully saturated rings. The number of nitrogens with zero attached hydrogens (tertiary/aromatic N) is 2. The van der Waals surface area contributed by atoms with Crippen molar-refractivity contribution in [2.24, 2.45) is 0 Å². The van der Waals surface area contributed by atoms with Gasteiger partial charge >= 0.3 is 5.97 Å². The Morgan fingerprint density at radius 1 is 1.29 bits per heavy atom. The average molecular weight is 284 g/mol. The van der Waals surface area contributed by atoms with Crippen LogP contribution in [-0.4, -0.2) is 18.1 Å². The Bertz CT molecular complexity index is 701.